The van der Waals surface area contributed by atoms with Crippen LogP contribution in [0.15, 0.2) is 40.4 Å². The van der Waals surface area contributed by atoms with Crippen LogP contribution in [0.1, 0.15) is 82.1 Å². The molecule has 0 spiro atoms. The molecule has 11 heteroatoms. The van der Waals surface area contributed by atoms with E-state index >= 15 is 0 Å². The molecule has 1 fully saturated rings. The van der Waals surface area contributed by atoms with Crippen LogP contribution in [-0.4, -0.2) is 62.1 Å². The third kappa shape index (κ3) is 7.43. The van der Waals surface area contributed by atoms with E-state index in [0.717, 1.165) is 21.7 Å². The first kappa shape index (κ1) is 31.4. The first-order chi connectivity index (χ1) is 19.7. The molecular formula is C31H41N5O5S. The van der Waals surface area contributed by atoms with E-state index in [4.69, 9.17) is 4.52 Å². The van der Waals surface area contributed by atoms with Crippen LogP contribution in [0.4, 0.5) is 0 Å². The van der Waals surface area contributed by atoms with Crippen molar-refractivity contribution in [1.82, 2.24) is 25.7 Å². The van der Waals surface area contributed by atoms with Gasteiger partial charge in [0.2, 0.25) is 17.7 Å². The third-order valence-electron chi connectivity index (χ3n) is 7.29. The molecule has 3 amide bonds. The van der Waals surface area contributed by atoms with Gasteiger partial charge in [-0.3, -0.25) is 14.4 Å². The predicted octanol–water partition coefficient (Wildman–Crippen LogP) is 4.28. The number of nitrogens with zero attached hydrogens (tertiary/aromatic N) is 3. The molecule has 10 nitrogen and oxygen atoms in total. The third-order valence-corrected chi connectivity index (χ3v) is 8.27. The molecule has 4 rings (SSSR count). The summed E-state index contributed by atoms with van der Waals surface area (Å²) < 4.78 is 5.43. The fraction of sp³-hybridized carbons (Fsp3) is 0.516. The predicted molar refractivity (Wildman–Crippen MR) is 161 cm³/mol. The molecule has 42 heavy (non-hydrogen) atoms. The van der Waals surface area contributed by atoms with E-state index in [1.807, 2.05) is 65.8 Å². The molecule has 3 heterocycles. The molecule has 226 valence electrons. The quantitative estimate of drug-likeness (QED) is 0.336. The molecule has 0 radical (unpaired) electrons. The van der Waals surface area contributed by atoms with E-state index in [1.54, 1.807) is 29.8 Å². The fourth-order valence-corrected chi connectivity index (χ4v) is 6.18. The molecule has 3 N–H and O–H groups in total. The molecule has 0 aliphatic carbocycles. The SMILES string of the molecule is Cc1cc([C@H](C(=O)N2C[C@H](O)CC2C(=O)NC(CC(=O)NC(C)(C)C)c2ccc(-c3scnc3C)cc2)C(C)C)on1. The number of aliphatic hydroxyl groups is 1. The van der Waals surface area contributed by atoms with Crippen LogP contribution in [0.3, 0.4) is 0 Å². The molecule has 1 aromatic carbocycles. The van der Waals surface area contributed by atoms with Gasteiger partial charge in [0.05, 0.1) is 40.3 Å². The molecule has 1 aliphatic heterocycles. The lowest BCUT2D eigenvalue weighted by Crippen LogP contribution is -2.49. The lowest BCUT2D eigenvalue weighted by atomic mass is 9.91. The lowest BCUT2D eigenvalue weighted by Gasteiger charge is -2.30. The largest absolute Gasteiger partial charge is 0.391 e. The number of nitrogens with one attached hydrogen (secondary N) is 2. The number of β-amino-alcohol motifs (C(OH)–C–C–N with tert-alkyl or cyclic N) is 1. The maximum absolute atomic E-state index is 13.8. The van der Waals surface area contributed by atoms with Gasteiger partial charge >= 0.3 is 0 Å². The number of thiazole rings is 1. The van der Waals surface area contributed by atoms with E-state index < -0.39 is 35.6 Å². The number of hydrogen-bond donors (Lipinski definition) is 3. The minimum Gasteiger partial charge on any atom is -0.391 e. The maximum Gasteiger partial charge on any atom is 0.243 e. The second-order valence-electron chi connectivity index (χ2n) is 12.4. The highest BCUT2D eigenvalue weighted by atomic mass is 32.1. The normalized spacial score (nSPS) is 18.6. The van der Waals surface area contributed by atoms with Gasteiger partial charge in [0, 0.05) is 24.6 Å². The van der Waals surface area contributed by atoms with Gasteiger partial charge in [0.15, 0.2) is 0 Å². The number of carbonyl (C=O) groups excluding carboxylic acids is 3. The number of benzene rings is 1. The number of hydrogen-bond acceptors (Lipinski definition) is 8. The first-order valence-electron chi connectivity index (χ1n) is 14.3. The van der Waals surface area contributed by atoms with E-state index in [9.17, 15) is 19.5 Å². The summed E-state index contributed by atoms with van der Waals surface area (Å²) >= 11 is 1.55. The number of amides is 3. The van der Waals surface area contributed by atoms with Crippen LogP contribution >= 0.6 is 11.3 Å². The van der Waals surface area contributed by atoms with Gasteiger partial charge in [0.25, 0.3) is 0 Å². The van der Waals surface area contributed by atoms with Crippen molar-refractivity contribution in [3.63, 3.8) is 0 Å². The Bertz CT molecular complexity index is 1410. The number of aromatic nitrogens is 2. The Morgan fingerprint density at radius 2 is 1.86 bits per heavy atom. The smallest absolute Gasteiger partial charge is 0.243 e. The average Bonchev–Trinajstić information content (AvgIpc) is 3.62. The van der Waals surface area contributed by atoms with Crippen molar-refractivity contribution in [2.75, 3.05) is 6.54 Å². The van der Waals surface area contributed by atoms with E-state index in [0.29, 0.717) is 11.5 Å². The van der Waals surface area contributed by atoms with Gasteiger partial charge in [-0.1, -0.05) is 43.3 Å². The van der Waals surface area contributed by atoms with E-state index in [1.165, 1.54) is 4.90 Å². The minimum absolute atomic E-state index is 0.0110. The maximum atomic E-state index is 13.8. The number of carbonyl (C=O) groups is 3. The summed E-state index contributed by atoms with van der Waals surface area (Å²) in [5, 5.41) is 20.5. The van der Waals surface area contributed by atoms with Gasteiger partial charge in [-0.25, -0.2) is 4.98 Å². The van der Waals surface area contributed by atoms with Crippen molar-refractivity contribution in [2.45, 2.75) is 91.0 Å². The molecule has 2 unspecified atom stereocenters. The molecule has 4 atom stereocenters. The van der Waals surface area contributed by atoms with Crippen LogP contribution in [0, 0.1) is 19.8 Å². The van der Waals surface area contributed by atoms with Crippen LogP contribution in [0.5, 0.6) is 0 Å². The molecule has 1 aliphatic rings. The van der Waals surface area contributed by atoms with Crippen LogP contribution in [-0.2, 0) is 14.4 Å². The summed E-state index contributed by atoms with van der Waals surface area (Å²) in [5.74, 6) is -1.28. The molecule has 2 aromatic heterocycles. The zero-order valence-corrected chi connectivity index (χ0v) is 26.1. The van der Waals surface area contributed by atoms with Crippen molar-refractivity contribution < 1.29 is 24.0 Å². The summed E-state index contributed by atoms with van der Waals surface area (Å²) in [7, 11) is 0. The van der Waals surface area contributed by atoms with Gasteiger partial charge in [-0.15, -0.1) is 11.3 Å². The van der Waals surface area contributed by atoms with Crippen molar-refractivity contribution in [3.05, 3.63) is 58.6 Å². The van der Waals surface area contributed by atoms with Crippen molar-refractivity contribution >= 4 is 29.1 Å². The Kier molecular flexibility index (Phi) is 9.52. The first-order valence-corrected chi connectivity index (χ1v) is 15.1. The van der Waals surface area contributed by atoms with Crippen LogP contribution in [0.25, 0.3) is 10.4 Å². The van der Waals surface area contributed by atoms with Crippen molar-refractivity contribution in [1.29, 1.82) is 0 Å². The average molecular weight is 596 g/mol. The summed E-state index contributed by atoms with van der Waals surface area (Å²) in [6.45, 7) is 13.3. The second-order valence-corrected chi connectivity index (χ2v) is 13.3. The van der Waals surface area contributed by atoms with Gasteiger partial charge in [-0.05, 0) is 51.7 Å². The summed E-state index contributed by atoms with van der Waals surface area (Å²) in [4.78, 5) is 47.4. The molecule has 3 aromatic rings. The Morgan fingerprint density at radius 3 is 2.40 bits per heavy atom. The monoisotopic (exact) mass is 595 g/mol. The van der Waals surface area contributed by atoms with Crippen LogP contribution in [0.2, 0.25) is 0 Å². The summed E-state index contributed by atoms with van der Waals surface area (Å²) in [5.41, 5.74) is 4.71. The highest BCUT2D eigenvalue weighted by Crippen LogP contribution is 2.32. The molecule has 1 saturated heterocycles. The Morgan fingerprint density at radius 1 is 1.17 bits per heavy atom. The Balaban J connectivity index is 1.58. The van der Waals surface area contributed by atoms with Crippen molar-refractivity contribution in [3.8, 4) is 10.4 Å². The topological polar surface area (TPSA) is 138 Å². The van der Waals surface area contributed by atoms with Gasteiger partial charge in [0.1, 0.15) is 17.7 Å². The highest BCUT2D eigenvalue weighted by Gasteiger charge is 2.43. The number of aryl methyl sites for hydroxylation is 2. The minimum atomic E-state index is -0.898. The van der Waals surface area contributed by atoms with Gasteiger partial charge in [-0.2, -0.15) is 0 Å². The number of aliphatic hydroxyl groups excluding tert-OH is 1. The summed E-state index contributed by atoms with van der Waals surface area (Å²) in [6, 6.07) is 7.89. The number of likely N-dealkylation sites (tertiary alicyclic amines) is 1. The fourth-order valence-electron chi connectivity index (χ4n) is 5.37. The summed E-state index contributed by atoms with van der Waals surface area (Å²) in [6.07, 6.45) is -0.738. The zero-order chi connectivity index (χ0) is 30.8. The highest BCUT2D eigenvalue weighted by molar-refractivity contribution is 7.13. The Hall–Kier alpha value is -3.57. The second kappa shape index (κ2) is 12.7. The zero-order valence-electron chi connectivity index (χ0n) is 25.3. The van der Waals surface area contributed by atoms with Gasteiger partial charge < -0.3 is 25.2 Å². The standard InChI is InChI=1S/C31H41N5O5S/c1-17(2)27(25-12-18(3)35-41-25)30(40)36-15-22(37)13-24(36)29(39)33-23(14-26(38)34-31(5,6)7)20-8-10-21(11-9-20)28-19(4)32-16-42-28/h8-12,16-17,22-24,27,37H,13-15H2,1-7H3,(H,33,39)(H,34,38)/t22-,23?,24?,27-/m1/s1. The van der Waals surface area contributed by atoms with Crippen molar-refractivity contribution in [2.24, 2.45) is 5.92 Å². The molecular weight excluding hydrogens is 554 g/mol. The molecule has 0 saturated carbocycles. The number of rotatable bonds is 9. The van der Waals surface area contributed by atoms with E-state index in [-0.39, 0.29) is 37.1 Å². The van der Waals surface area contributed by atoms with Crippen LogP contribution < -0.4 is 10.6 Å². The Labute approximate surface area is 250 Å². The lowest BCUT2D eigenvalue weighted by molar-refractivity contribution is -0.141. The van der Waals surface area contributed by atoms with E-state index in [2.05, 4.69) is 20.8 Å². The molecule has 0 bridgehead atoms.